The quantitative estimate of drug-likeness (QED) is 0.917. The van der Waals surface area contributed by atoms with Gasteiger partial charge in [-0.1, -0.05) is 41.4 Å². The summed E-state index contributed by atoms with van der Waals surface area (Å²) in [5, 5.41) is 3.50. The lowest BCUT2D eigenvalue weighted by molar-refractivity contribution is -0.120. The van der Waals surface area contributed by atoms with Crippen molar-refractivity contribution in [1.82, 2.24) is 0 Å². The Hall–Kier alpha value is -2.04. The Morgan fingerprint density at radius 2 is 1.77 bits per heavy atom. The number of nitrogens with one attached hydrogen (secondary N) is 1. The van der Waals surface area contributed by atoms with E-state index in [0.29, 0.717) is 21.4 Å². The minimum absolute atomic E-state index is 0.133. The van der Waals surface area contributed by atoms with Crippen molar-refractivity contribution >= 4 is 46.4 Å². The predicted molar refractivity (Wildman–Crippen MR) is 89.6 cm³/mol. The van der Waals surface area contributed by atoms with Gasteiger partial charge in [-0.05, 0) is 30.3 Å². The number of anilines is 2. The number of hydrogen-bond donors (Lipinski definition) is 1. The molecular weight excluding hydrogens is 323 g/mol. The number of carbonyl (C=O) groups excluding carboxylic acids is 2. The van der Waals surface area contributed by atoms with Gasteiger partial charge in [0.25, 0.3) is 0 Å². The molecular formula is C16H14Cl2N2O2. The second-order valence-electron chi connectivity index (χ2n) is 4.62. The molecule has 4 nitrogen and oxygen atoms in total. The monoisotopic (exact) mass is 336 g/mol. The molecule has 0 bridgehead atoms. The van der Waals surface area contributed by atoms with Gasteiger partial charge < -0.3 is 10.2 Å². The molecule has 0 spiro atoms. The van der Waals surface area contributed by atoms with Crippen LogP contribution < -0.4 is 10.2 Å². The Balaban J connectivity index is 2.15. The molecule has 0 fully saturated rings. The van der Waals surface area contributed by atoms with Crippen LogP contribution >= 0.6 is 23.2 Å². The third kappa shape index (κ3) is 4.23. The van der Waals surface area contributed by atoms with Crippen molar-refractivity contribution in [3.05, 3.63) is 58.6 Å². The largest absolute Gasteiger partial charge is 0.325 e. The van der Waals surface area contributed by atoms with Crippen LogP contribution in [0.15, 0.2) is 48.5 Å². The summed E-state index contributed by atoms with van der Waals surface area (Å²) in [6.07, 6.45) is 0. The molecule has 0 unspecified atom stereocenters. The van der Waals surface area contributed by atoms with Crippen LogP contribution in [0.2, 0.25) is 10.0 Å². The van der Waals surface area contributed by atoms with Crippen molar-refractivity contribution in [2.45, 2.75) is 6.92 Å². The van der Waals surface area contributed by atoms with Gasteiger partial charge in [0.05, 0.1) is 10.7 Å². The van der Waals surface area contributed by atoms with Crippen molar-refractivity contribution in [2.24, 2.45) is 0 Å². The number of hydrogen-bond acceptors (Lipinski definition) is 2. The van der Waals surface area contributed by atoms with E-state index in [0.717, 1.165) is 0 Å². The lowest BCUT2D eigenvalue weighted by atomic mass is 10.2. The Morgan fingerprint density at radius 1 is 1.09 bits per heavy atom. The number of benzene rings is 2. The summed E-state index contributed by atoms with van der Waals surface area (Å²) in [6, 6.07) is 13.8. The van der Waals surface area contributed by atoms with Crippen LogP contribution in [0.25, 0.3) is 0 Å². The molecule has 114 valence electrons. The lowest BCUT2D eigenvalue weighted by Crippen LogP contribution is -2.36. The first kappa shape index (κ1) is 16.3. The maximum atomic E-state index is 12.1. The van der Waals surface area contributed by atoms with Crippen LogP contribution in [0.1, 0.15) is 6.92 Å². The van der Waals surface area contributed by atoms with Crippen molar-refractivity contribution < 1.29 is 9.59 Å². The average molecular weight is 337 g/mol. The van der Waals surface area contributed by atoms with Gasteiger partial charge in [-0.2, -0.15) is 0 Å². The van der Waals surface area contributed by atoms with Crippen LogP contribution in [0, 0.1) is 0 Å². The van der Waals surface area contributed by atoms with E-state index in [1.807, 2.05) is 18.2 Å². The van der Waals surface area contributed by atoms with Crippen molar-refractivity contribution in [3.8, 4) is 0 Å². The first-order valence-corrected chi connectivity index (χ1v) is 7.31. The van der Waals surface area contributed by atoms with Gasteiger partial charge in [0, 0.05) is 17.6 Å². The van der Waals surface area contributed by atoms with Gasteiger partial charge in [-0.25, -0.2) is 0 Å². The highest BCUT2D eigenvalue weighted by Crippen LogP contribution is 2.28. The van der Waals surface area contributed by atoms with Gasteiger partial charge >= 0.3 is 0 Å². The Bertz CT molecular complexity index is 690. The van der Waals surface area contributed by atoms with Crippen LogP contribution in [-0.2, 0) is 9.59 Å². The van der Waals surface area contributed by atoms with Crippen LogP contribution in [0.4, 0.5) is 11.4 Å². The fourth-order valence-corrected chi connectivity index (χ4v) is 2.44. The van der Waals surface area contributed by atoms with E-state index in [9.17, 15) is 9.59 Å². The Kier molecular flexibility index (Phi) is 5.41. The molecule has 2 aromatic carbocycles. The van der Waals surface area contributed by atoms with Crippen molar-refractivity contribution in [2.75, 3.05) is 16.8 Å². The fourth-order valence-electron chi connectivity index (χ4n) is 1.93. The van der Waals surface area contributed by atoms with E-state index >= 15 is 0 Å². The molecule has 6 heteroatoms. The minimum Gasteiger partial charge on any atom is -0.325 e. The summed E-state index contributed by atoms with van der Waals surface area (Å²) in [5.74, 6) is -0.597. The van der Waals surface area contributed by atoms with Crippen molar-refractivity contribution in [1.29, 1.82) is 0 Å². The van der Waals surface area contributed by atoms with Gasteiger partial charge in [0.1, 0.15) is 6.54 Å². The average Bonchev–Trinajstić information content (AvgIpc) is 2.46. The van der Waals surface area contributed by atoms with Crippen molar-refractivity contribution in [3.63, 3.8) is 0 Å². The van der Waals surface area contributed by atoms with Crippen LogP contribution in [0.3, 0.4) is 0 Å². The first-order chi connectivity index (χ1) is 10.5. The van der Waals surface area contributed by atoms with E-state index in [4.69, 9.17) is 23.2 Å². The molecule has 0 aromatic heterocycles. The molecule has 1 N–H and O–H groups in total. The summed E-state index contributed by atoms with van der Waals surface area (Å²) in [5.41, 5.74) is 1.11. The van der Waals surface area contributed by atoms with Gasteiger partial charge in [0.2, 0.25) is 11.8 Å². The first-order valence-electron chi connectivity index (χ1n) is 6.55. The second-order valence-corrected chi connectivity index (χ2v) is 5.46. The Labute approximate surface area is 138 Å². The topological polar surface area (TPSA) is 49.4 Å². The molecule has 0 saturated carbocycles. The van der Waals surface area contributed by atoms with E-state index in [1.165, 1.54) is 17.9 Å². The zero-order valence-electron chi connectivity index (χ0n) is 11.8. The fraction of sp³-hybridized carbons (Fsp3) is 0.125. The molecule has 2 amide bonds. The van der Waals surface area contributed by atoms with E-state index < -0.39 is 0 Å². The molecule has 0 aliphatic carbocycles. The maximum Gasteiger partial charge on any atom is 0.244 e. The highest BCUT2D eigenvalue weighted by molar-refractivity contribution is 6.36. The van der Waals surface area contributed by atoms with E-state index in [-0.39, 0.29) is 18.4 Å². The molecule has 0 radical (unpaired) electrons. The van der Waals surface area contributed by atoms with E-state index in [1.54, 1.807) is 24.3 Å². The molecule has 0 aliphatic heterocycles. The summed E-state index contributed by atoms with van der Waals surface area (Å²) in [4.78, 5) is 25.2. The molecule has 2 aromatic rings. The predicted octanol–water partition coefficient (Wildman–Crippen LogP) is 3.99. The molecule has 0 atom stereocenters. The van der Waals surface area contributed by atoms with E-state index in [2.05, 4.69) is 5.32 Å². The summed E-state index contributed by atoms with van der Waals surface area (Å²) < 4.78 is 0. The normalized spacial score (nSPS) is 10.1. The number of amides is 2. The third-order valence-electron chi connectivity index (χ3n) is 2.94. The van der Waals surface area contributed by atoms with Crippen LogP contribution in [0.5, 0.6) is 0 Å². The zero-order chi connectivity index (χ0) is 16.1. The molecule has 0 aliphatic rings. The standard InChI is InChI=1S/C16H14Cl2N2O2/c1-11(21)20(15-8-7-12(17)9-14(15)18)10-16(22)19-13-5-3-2-4-6-13/h2-9H,10H2,1H3,(H,19,22). The third-order valence-corrected chi connectivity index (χ3v) is 3.48. The minimum atomic E-state index is -0.313. The Morgan fingerprint density at radius 3 is 2.36 bits per heavy atom. The number of carbonyl (C=O) groups is 2. The number of rotatable bonds is 4. The molecule has 2 rings (SSSR count). The smallest absolute Gasteiger partial charge is 0.244 e. The van der Waals surface area contributed by atoms with Gasteiger partial charge in [-0.3, -0.25) is 9.59 Å². The lowest BCUT2D eigenvalue weighted by Gasteiger charge is -2.22. The van der Waals surface area contributed by atoms with Gasteiger partial charge in [-0.15, -0.1) is 0 Å². The number of halogens is 2. The van der Waals surface area contributed by atoms with Gasteiger partial charge in [0.15, 0.2) is 0 Å². The molecule has 0 saturated heterocycles. The highest BCUT2D eigenvalue weighted by atomic mass is 35.5. The second kappa shape index (κ2) is 7.29. The number of nitrogens with zero attached hydrogens (tertiary/aromatic N) is 1. The molecule has 22 heavy (non-hydrogen) atoms. The summed E-state index contributed by atoms with van der Waals surface area (Å²) in [6.45, 7) is 1.24. The highest BCUT2D eigenvalue weighted by Gasteiger charge is 2.18. The molecule has 0 heterocycles. The van der Waals surface area contributed by atoms with Crippen LogP contribution in [-0.4, -0.2) is 18.4 Å². The summed E-state index contributed by atoms with van der Waals surface area (Å²) >= 11 is 11.9. The maximum absolute atomic E-state index is 12.1. The SMILES string of the molecule is CC(=O)N(CC(=O)Nc1ccccc1)c1ccc(Cl)cc1Cl. The zero-order valence-corrected chi connectivity index (χ0v) is 13.4. The number of para-hydroxylation sites is 1. The summed E-state index contributed by atoms with van der Waals surface area (Å²) in [7, 11) is 0.